The van der Waals surface area contributed by atoms with Crippen LogP contribution in [0.1, 0.15) is 26.7 Å². The average Bonchev–Trinajstić information content (AvgIpc) is 3.07. The van der Waals surface area contributed by atoms with Crippen molar-refractivity contribution < 1.29 is 4.74 Å². The van der Waals surface area contributed by atoms with Crippen LogP contribution < -0.4 is 5.32 Å². The summed E-state index contributed by atoms with van der Waals surface area (Å²) in [7, 11) is 3.82. The molecule has 0 aromatic rings. The molecule has 2 unspecified atom stereocenters. The molecule has 1 saturated carbocycles. The predicted octanol–water partition coefficient (Wildman–Crippen LogP) is 1.59. The SMILES string of the molecule is CNCC(C)CN(CCOC)C(C)C1CC1. The molecule has 1 aliphatic carbocycles. The zero-order valence-electron chi connectivity index (χ0n) is 11.3. The van der Waals surface area contributed by atoms with Crippen LogP contribution in [0.5, 0.6) is 0 Å². The van der Waals surface area contributed by atoms with E-state index in [1.54, 1.807) is 7.11 Å². The van der Waals surface area contributed by atoms with Gasteiger partial charge in [0.1, 0.15) is 0 Å². The molecule has 3 nitrogen and oxygen atoms in total. The standard InChI is InChI=1S/C13H28N2O/c1-11(9-14-3)10-15(7-8-16-4)12(2)13-5-6-13/h11-14H,5-10H2,1-4H3. The largest absolute Gasteiger partial charge is 0.383 e. The molecular formula is C13H28N2O. The molecular weight excluding hydrogens is 200 g/mol. The number of nitrogens with one attached hydrogen (secondary N) is 1. The molecule has 3 heteroatoms. The number of nitrogens with zero attached hydrogens (tertiary/aromatic N) is 1. The van der Waals surface area contributed by atoms with E-state index in [1.165, 1.54) is 19.4 Å². The first-order chi connectivity index (χ1) is 7.69. The Labute approximate surface area is 101 Å². The van der Waals surface area contributed by atoms with Gasteiger partial charge in [-0.05, 0) is 45.2 Å². The molecule has 0 radical (unpaired) electrons. The number of rotatable bonds is 9. The van der Waals surface area contributed by atoms with Gasteiger partial charge in [-0.2, -0.15) is 0 Å². The van der Waals surface area contributed by atoms with Gasteiger partial charge in [0.2, 0.25) is 0 Å². The highest BCUT2D eigenvalue weighted by Gasteiger charge is 2.32. The second-order valence-corrected chi connectivity index (χ2v) is 5.23. The maximum Gasteiger partial charge on any atom is 0.0589 e. The summed E-state index contributed by atoms with van der Waals surface area (Å²) in [5.74, 6) is 1.65. The average molecular weight is 228 g/mol. The summed E-state index contributed by atoms with van der Waals surface area (Å²) in [5.41, 5.74) is 0. The van der Waals surface area contributed by atoms with E-state index in [-0.39, 0.29) is 0 Å². The Morgan fingerprint density at radius 1 is 1.38 bits per heavy atom. The van der Waals surface area contributed by atoms with Gasteiger partial charge in [0.05, 0.1) is 6.61 Å². The van der Waals surface area contributed by atoms with E-state index in [0.29, 0.717) is 5.92 Å². The van der Waals surface area contributed by atoms with E-state index in [4.69, 9.17) is 4.74 Å². The molecule has 1 fully saturated rings. The van der Waals surface area contributed by atoms with Gasteiger partial charge >= 0.3 is 0 Å². The number of methoxy groups -OCH3 is 1. The topological polar surface area (TPSA) is 24.5 Å². The molecule has 0 spiro atoms. The molecule has 0 aliphatic heterocycles. The molecule has 0 bridgehead atoms. The fourth-order valence-electron chi connectivity index (χ4n) is 2.36. The van der Waals surface area contributed by atoms with Crippen LogP contribution in [-0.2, 0) is 4.74 Å². The zero-order chi connectivity index (χ0) is 12.0. The molecule has 0 saturated heterocycles. The Balaban J connectivity index is 2.35. The summed E-state index contributed by atoms with van der Waals surface area (Å²) in [4.78, 5) is 2.60. The molecule has 0 aromatic heterocycles. The lowest BCUT2D eigenvalue weighted by Crippen LogP contribution is -2.41. The van der Waals surface area contributed by atoms with Crippen LogP contribution in [-0.4, -0.2) is 51.3 Å². The zero-order valence-corrected chi connectivity index (χ0v) is 11.3. The lowest BCUT2D eigenvalue weighted by atomic mass is 10.1. The lowest BCUT2D eigenvalue weighted by molar-refractivity contribution is 0.105. The normalized spacial score (nSPS) is 20.1. The van der Waals surface area contributed by atoms with Gasteiger partial charge in [0.25, 0.3) is 0 Å². The smallest absolute Gasteiger partial charge is 0.0589 e. The summed E-state index contributed by atoms with van der Waals surface area (Å²) in [6.07, 6.45) is 2.84. The highest BCUT2D eigenvalue weighted by Crippen LogP contribution is 2.35. The Kier molecular flexibility index (Phi) is 6.32. The monoisotopic (exact) mass is 228 g/mol. The maximum absolute atomic E-state index is 5.21. The first kappa shape index (κ1) is 13.9. The van der Waals surface area contributed by atoms with Gasteiger partial charge in [-0.3, -0.25) is 4.90 Å². The van der Waals surface area contributed by atoms with Crippen LogP contribution in [0.2, 0.25) is 0 Å². The van der Waals surface area contributed by atoms with E-state index in [1.807, 2.05) is 7.05 Å². The molecule has 96 valence electrons. The van der Waals surface area contributed by atoms with Crippen LogP contribution in [0.15, 0.2) is 0 Å². The Morgan fingerprint density at radius 2 is 2.06 bits per heavy atom. The number of hydrogen-bond acceptors (Lipinski definition) is 3. The van der Waals surface area contributed by atoms with Gasteiger partial charge in [-0.1, -0.05) is 6.92 Å². The van der Waals surface area contributed by atoms with Crippen LogP contribution in [0.4, 0.5) is 0 Å². The van der Waals surface area contributed by atoms with Crippen molar-refractivity contribution in [1.29, 1.82) is 0 Å². The van der Waals surface area contributed by atoms with E-state index >= 15 is 0 Å². The highest BCUT2D eigenvalue weighted by atomic mass is 16.5. The third-order valence-corrected chi connectivity index (χ3v) is 3.56. The molecule has 1 rings (SSSR count). The van der Waals surface area contributed by atoms with Crippen LogP contribution in [0, 0.1) is 11.8 Å². The summed E-state index contributed by atoms with van der Waals surface area (Å²) in [6.45, 7) is 8.89. The summed E-state index contributed by atoms with van der Waals surface area (Å²) < 4.78 is 5.21. The van der Waals surface area contributed by atoms with E-state index < -0.39 is 0 Å². The summed E-state index contributed by atoms with van der Waals surface area (Å²) in [5, 5.41) is 3.25. The van der Waals surface area contributed by atoms with E-state index in [0.717, 1.165) is 31.7 Å². The molecule has 0 amide bonds. The van der Waals surface area contributed by atoms with Crippen LogP contribution >= 0.6 is 0 Å². The second kappa shape index (κ2) is 7.25. The Bertz CT molecular complexity index is 183. The van der Waals surface area contributed by atoms with Gasteiger partial charge in [-0.15, -0.1) is 0 Å². The van der Waals surface area contributed by atoms with Crippen molar-refractivity contribution in [1.82, 2.24) is 10.2 Å². The quantitative estimate of drug-likeness (QED) is 0.648. The predicted molar refractivity (Wildman–Crippen MR) is 68.7 cm³/mol. The highest BCUT2D eigenvalue weighted by molar-refractivity contribution is 4.85. The lowest BCUT2D eigenvalue weighted by Gasteiger charge is -2.31. The van der Waals surface area contributed by atoms with E-state index in [2.05, 4.69) is 24.1 Å². The number of ether oxygens (including phenoxy) is 1. The minimum absolute atomic E-state index is 0.711. The van der Waals surface area contributed by atoms with Gasteiger partial charge in [-0.25, -0.2) is 0 Å². The molecule has 1 N–H and O–H groups in total. The van der Waals surface area contributed by atoms with Crippen molar-refractivity contribution >= 4 is 0 Å². The summed E-state index contributed by atoms with van der Waals surface area (Å²) in [6, 6.07) is 0.731. The first-order valence-corrected chi connectivity index (χ1v) is 6.56. The molecule has 2 atom stereocenters. The van der Waals surface area contributed by atoms with Crippen molar-refractivity contribution in [3.8, 4) is 0 Å². The molecule has 1 aliphatic rings. The fraction of sp³-hybridized carbons (Fsp3) is 1.00. The minimum atomic E-state index is 0.711. The Morgan fingerprint density at radius 3 is 2.56 bits per heavy atom. The maximum atomic E-state index is 5.21. The number of hydrogen-bond donors (Lipinski definition) is 1. The Hall–Kier alpha value is -0.120. The third-order valence-electron chi connectivity index (χ3n) is 3.56. The summed E-state index contributed by atoms with van der Waals surface area (Å²) >= 11 is 0. The van der Waals surface area contributed by atoms with Crippen molar-refractivity contribution in [2.24, 2.45) is 11.8 Å². The molecule has 0 heterocycles. The molecule has 16 heavy (non-hydrogen) atoms. The van der Waals surface area contributed by atoms with Crippen LogP contribution in [0.25, 0.3) is 0 Å². The second-order valence-electron chi connectivity index (χ2n) is 5.23. The van der Waals surface area contributed by atoms with Crippen molar-refractivity contribution in [3.63, 3.8) is 0 Å². The van der Waals surface area contributed by atoms with Gasteiger partial charge in [0.15, 0.2) is 0 Å². The van der Waals surface area contributed by atoms with Gasteiger partial charge < -0.3 is 10.1 Å². The first-order valence-electron chi connectivity index (χ1n) is 6.56. The molecule has 0 aromatic carbocycles. The third kappa shape index (κ3) is 4.81. The van der Waals surface area contributed by atoms with Crippen molar-refractivity contribution in [2.45, 2.75) is 32.7 Å². The van der Waals surface area contributed by atoms with Crippen molar-refractivity contribution in [2.75, 3.05) is 40.4 Å². The van der Waals surface area contributed by atoms with Gasteiger partial charge in [0, 0.05) is 26.2 Å². The van der Waals surface area contributed by atoms with E-state index in [9.17, 15) is 0 Å². The van der Waals surface area contributed by atoms with Crippen LogP contribution in [0.3, 0.4) is 0 Å². The fourth-order valence-corrected chi connectivity index (χ4v) is 2.36. The minimum Gasteiger partial charge on any atom is -0.383 e. The van der Waals surface area contributed by atoms with Crippen molar-refractivity contribution in [3.05, 3.63) is 0 Å².